The Kier molecular flexibility index (Phi) is 5.16. The van der Waals surface area contributed by atoms with Gasteiger partial charge in [0.15, 0.2) is 0 Å². The summed E-state index contributed by atoms with van der Waals surface area (Å²) in [4.78, 5) is 0. The molecule has 0 saturated heterocycles. The van der Waals surface area contributed by atoms with E-state index >= 15 is 0 Å². The van der Waals surface area contributed by atoms with E-state index in [0.717, 1.165) is 0 Å². The third-order valence-electron chi connectivity index (χ3n) is 5.28. The van der Waals surface area contributed by atoms with Gasteiger partial charge in [-0.1, -0.05) is 102 Å². The second-order valence-corrected chi connectivity index (χ2v) is 8.17. The molecule has 0 fully saturated rings. The molecule has 0 aromatic heterocycles. The normalized spacial score (nSPS) is 10.9. The van der Waals surface area contributed by atoms with E-state index in [1.807, 2.05) is 0 Å². The van der Waals surface area contributed by atoms with Gasteiger partial charge in [0.2, 0.25) is 0 Å². The molecule has 1 unspecified atom stereocenters. The first-order valence-electron chi connectivity index (χ1n) is 9.66. The Hall–Kier alpha value is -2.69. The van der Waals surface area contributed by atoms with E-state index in [9.17, 15) is 0 Å². The fourth-order valence-corrected chi connectivity index (χ4v) is 4.05. The molecule has 0 radical (unpaired) electrons. The highest BCUT2D eigenvalue weighted by molar-refractivity contribution is 7.28. The first kappa shape index (κ1) is 18.7. The molecule has 0 amide bonds. The van der Waals surface area contributed by atoms with Crippen LogP contribution in [-0.2, 0) is 0 Å². The fourth-order valence-electron chi connectivity index (χ4n) is 3.64. The minimum Gasteiger partial charge on any atom is -0.105 e. The highest BCUT2D eigenvalue weighted by Gasteiger charge is 2.16. The standard InChI is InChI=1S/C27H25P/c1-18-4-10-21(11-5-18)24-16-17-25(28)27(23-14-8-20(3)9-15-23)26(24)22-12-6-19(2)7-13-22/h4-17H,28H2,1-3H3. The lowest BCUT2D eigenvalue weighted by Gasteiger charge is -2.19. The van der Waals surface area contributed by atoms with Crippen LogP contribution >= 0.6 is 9.24 Å². The van der Waals surface area contributed by atoms with Crippen molar-refractivity contribution in [3.8, 4) is 33.4 Å². The Balaban J connectivity index is 2.04. The summed E-state index contributed by atoms with van der Waals surface area (Å²) >= 11 is 0. The maximum Gasteiger partial charge on any atom is -0.00206 e. The molecule has 4 aromatic rings. The van der Waals surface area contributed by atoms with Gasteiger partial charge in [0.25, 0.3) is 0 Å². The summed E-state index contributed by atoms with van der Waals surface area (Å²) in [5.74, 6) is 0. The van der Waals surface area contributed by atoms with Crippen LogP contribution in [0.1, 0.15) is 16.7 Å². The van der Waals surface area contributed by atoms with Gasteiger partial charge in [-0.15, -0.1) is 9.24 Å². The maximum atomic E-state index is 2.93. The molecular formula is C27H25P. The summed E-state index contributed by atoms with van der Waals surface area (Å²) in [6.45, 7) is 6.40. The van der Waals surface area contributed by atoms with Gasteiger partial charge in [-0.2, -0.15) is 0 Å². The van der Waals surface area contributed by atoms with Crippen LogP contribution in [0.5, 0.6) is 0 Å². The molecule has 0 spiro atoms. The van der Waals surface area contributed by atoms with Crippen molar-refractivity contribution < 1.29 is 0 Å². The third-order valence-corrected chi connectivity index (χ3v) is 5.76. The fraction of sp³-hybridized carbons (Fsp3) is 0.111. The van der Waals surface area contributed by atoms with E-state index < -0.39 is 0 Å². The van der Waals surface area contributed by atoms with Crippen molar-refractivity contribution in [2.75, 3.05) is 0 Å². The first-order valence-corrected chi connectivity index (χ1v) is 10.2. The third kappa shape index (κ3) is 3.66. The zero-order valence-electron chi connectivity index (χ0n) is 16.7. The van der Waals surface area contributed by atoms with E-state index in [0.29, 0.717) is 0 Å². The van der Waals surface area contributed by atoms with Crippen LogP contribution in [0.4, 0.5) is 0 Å². The average molecular weight is 380 g/mol. The molecule has 0 saturated carbocycles. The van der Waals surface area contributed by atoms with Crippen LogP contribution in [0.25, 0.3) is 33.4 Å². The molecule has 0 heterocycles. The van der Waals surface area contributed by atoms with Crippen molar-refractivity contribution in [2.24, 2.45) is 0 Å². The smallest absolute Gasteiger partial charge is 0.00206 e. The highest BCUT2D eigenvalue weighted by Crippen LogP contribution is 2.40. The van der Waals surface area contributed by atoms with E-state index in [-0.39, 0.29) is 0 Å². The lowest BCUT2D eigenvalue weighted by atomic mass is 9.87. The van der Waals surface area contributed by atoms with E-state index in [4.69, 9.17) is 0 Å². The largest absolute Gasteiger partial charge is 0.105 e. The first-order chi connectivity index (χ1) is 13.5. The number of aryl methyl sites for hydroxylation is 3. The van der Waals surface area contributed by atoms with Gasteiger partial charge in [0.05, 0.1) is 0 Å². The molecule has 0 N–H and O–H groups in total. The molecule has 1 atom stereocenters. The molecule has 0 aliphatic carbocycles. The molecule has 0 nitrogen and oxygen atoms in total. The zero-order chi connectivity index (χ0) is 19.7. The lowest BCUT2D eigenvalue weighted by Crippen LogP contribution is -2.02. The summed E-state index contributed by atoms with van der Waals surface area (Å²) in [7, 11) is 2.93. The topological polar surface area (TPSA) is 0 Å². The van der Waals surface area contributed by atoms with Gasteiger partial charge in [-0.05, 0) is 59.5 Å². The Morgan fingerprint density at radius 3 is 1.29 bits per heavy atom. The van der Waals surface area contributed by atoms with E-state index in [2.05, 4.69) is 115 Å². The van der Waals surface area contributed by atoms with Gasteiger partial charge < -0.3 is 0 Å². The second kappa shape index (κ2) is 7.74. The molecule has 0 aliphatic heterocycles. The summed E-state index contributed by atoms with van der Waals surface area (Å²) in [5.41, 5.74) is 11.4. The van der Waals surface area contributed by atoms with Crippen LogP contribution in [0.2, 0.25) is 0 Å². The van der Waals surface area contributed by atoms with Crippen molar-refractivity contribution in [1.82, 2.24) is 0 Å². The molecular weight excluding hydrogens is 355 g/mol. The molecule has 1 heteroatoms. The van der Waals surface area contributed by atoms with Gasteiger partial charge in [0, 0.05) is 0 Å². The lowest BCUT2D eigenvalue weighted by molar-refractivity contribution is 1.45. The summed E-state index contributed by atoms with van der Waals surface area (Å²) in [6, 6.07) is 31.0. The molecule has 4 aromatic carbocycles. The molecule has 138 valence electrons. The predicted molar refractivity (Wildman–Crippen MR) is 126 cm³/mol. The summed E-state index contributed by atoms with van der Waals surface area (Å²) in [6.07, 6.45) is 0. The predicted octanol–water partition coefficient (Wildman–Crippen LogP) is 7.11. The Bertz CT molecular complexity index is 1100. The number of rotatable bonds is 3. The van der Waals surface area contributed by atoms with Crippen molar-refractivity contribution >= 4 is 14.5 Å². The molecule has 28 heavy (non-hydrogen) atoms. The number of hydrogen-bond acceptors (Lipinski definition) is 0. The summed E-state index contributed by atoms with van der Waals surface area (Å²) < 4.78 is 0. The van der Waals surface area contributed by atoms with Crippen LogP contribution < -0.4 is 5.30 Å². The quantitative estimate of drug-likeness (QED) is 0.332. The van der Waals surface area contributed by atoms with Crippen LogP contribution in [0, 0.1) is 20.8 Å². The molecule has 0 bridgehead atoms. The Labute approximate surface area is 170 Å². The zero-order valence-corrected chi connectivity index (χ0v) is 17.8. The number of benzene rings is 4. The highest BCUT2D eigenvalue weighted by atomic mass is 31.0. The van der Waals surface area contributed by atoms with E-state index in [1.54, 1.807) is 0 Å². The van der Waals surface area contributed by atoms with Gasteiger partial charge in [-0.3, -0.25) is 0 Å². The van der Waals surface area contributed by atoms with Crippen LogP contribution in [0.3, 0.4) is 0 Å². The van der Waals surface area contributed by atoms with Gasteiger partial charge >= 0.3 is 0 Å². The van der Waals surface area contributed by atoms with Gasteiger partial charge in [-0.25, -0.2) is 0 Å². The minimum absolute atomic E-state index is 1.22. The minimum atomic E-state index is 1.22. The maximum absolute atomic E-state index is 2.93. The van der Waals surface area contributed by atoms with Crippen molar-refractivity contribution in [3.05, 3.63) is 102 Å². The van der Waals surface area contributed by atoms with Crippen LogP contribution in [0.15, 0.2) is 84.9 Å². The van der Waals surface area contributed by atoms with Crippen molar-refractivity contribution in [1.29, 1.82) is 0 Å². The number of hydrogen-bond donors (Lipinski definition) is 0. The second-order valence-electron chi connectivity index (χ2n) is 7.55. The van der Waals surface area contributed by atoms with Gasteiger partial charge in [0.1, 0.15) is 0 Å². The van der Waals surface area contributed by atoms with E-state index in [1.165, 1.54) is 55.4 Å². The Morgan fingerprint density at radius 2 is 0.821 bits per heavy atom. The van der Waals surface area contributed by atoms with Crippen molar-refractivity contribution in [3.63, 3.8) is 0 Å². The van der Waals surface area contributed by atoms with Crippen molar-refractivity contribution in [2.45, 2.75) is 20.8 Å². The Morgan fingerprint density at radius 1 is 0.429 bits per heavy atom. The monoisotopic (exact) mass is 380 g/mol. The SMILES string of the molecule is Cc1ccc(-c2ccc(P)c(-c3ccc(C)cc3)c2-c2ccc(C)cc2)cc1. The summed E-state index contributed by atoms with van der Waals surface area (Å²) in [5, 5.41) is 1.22. The van der Waals surface area contributed by atoms with Crippen LogP contribution in [-0.4, -0.2) is 0 Å². The molecule has 0 aliphatic rings. The average Bonchev–Trinajstić information content (AvgIpc) is 2.70. The molecule has 4 rings (SSSR count).